The molecule has 0 atom stereocenters. The average molecular weight is 303 g/mol. The van der Waals surface area contributed by atoms with E-state index in [1.165, 1.54) is 6.07 Å². The fourth-order valence-corrected chi connectivity index (χ4v) is 2.21. The molecule has 0 aliphatic heterocycles. The Kier molecular flexibility index (Phi) is 3.50. The number of aromatic amines is 1. The summed E-state index contributed by atoms with van der Waals surface area (Å²) in [5.74, 6) is 0.175. The lowest BCUT2D eigenvalue weighted by atomic mass is 10.2. The van der Waals surface area contributed by atoms with E-state index in [4.69, 9.17) is 21.4 Å². The van der Waals surface area contributed by atoms with Crippen LogP contribution in [0.4, 0.5) is 0 Å². The molecule has 1 aromatic heterocycles. The summed E-state index contributed by atoms with van der Waals surface area (Å²) in [6, 6.07) is 12.0. The van der Waals surface area contributed by atoms with Crippen molar-refractivity contribution in [2.24, 2.45) is 0 Å². The number of nitrogens with zero attached hydrogens (tertiary/aromatic N) is 1. The maximum atomic E-state index is 11.1. The number of aromatic nitrogens is 2. The summed E-state index contributed by atoms with van der Waals surface area (Å²) in [5.41, 5.74) is 1.26. The molecular formula is C15H11ClN2O3. The Morgan fingerprint density at radius 2 is 2.10 bits per heavy atom. The first-order chi connectivity index (χ1) is 10.1. The fourth-order valence-electron chi connectivity index (χ4n) is 2.03. The molecule has 0 aliphatic rings. The molecule has 106 valence electrons. The van der Waals surface area contributed by atoms with Gasteiger partial charge in [0.05, 0.1) is 11.1 Å². The molecule has 0 radical (unpaired) electrons. The SMILES string of the molecule is O=C(O)c1cccc2[nH]c(COc3cccc(Cl)c3)nc12. The van der Waals surface area contributed by atoms with Crippen LogP contribution in [-0.4, -0.2) is 21.0 Å². The van der Waals surface area contributed by atoms with Gasteiger partial charge >= 0.3 is 5.97 Å². The van der Waals surface area contributed by atoms with Gasteiger partial charge in [-0.2, -0.15) is 0 Å². The standard InChI is InChI=1S/C15H11ClN2O3/c16-9-3-1-4-10(7-9)21-8-13-17-12-6-2-5-11(15(19)20)14(12)18-13/h1-7H,8H2,(H,17,18)(H,19,20). The number of para-hydroxylation sites is 1. The molecule has 3 rings (SSSR count). The fraction of sp³-hybridized carbons (Fsp3) is 0.0667. The van der Waals surface area contributed by atoms with Gasteiger partial charge in [-0.3, -0.25) is 0 Å². The van der Waals surface area contributed by atoms with E-state index in [2.05, 4.69) is 9.97 Å². The van der Waals surface area contributed by atoms with E-state index in [1.54, 1.807) is 36.4 Å². The minimum Gasteiger partial charge on any atom is -0.486 e. The van der Waals surface area contributed by atoms with Gasteiger partial charge in [-0.15, -0.1) is 0 Å². The van der Waals surface area contributed by atoms with Crippen molar-refractivity contribution in [1.82, 2.24) is 9.97 Å². The number of nitrogens with one attached hydrogen (secondary N) is 1. The van der Waals surface area contributed by atoms with Crippen molar-refractivity contribution in [2.45, 2.75) is 6.61 Å². The van der Waals surface area contributed by atoms with Crippen LogP contribution in [0.3, 0.4) is 0 Å². The molecule has 0 amide bonds. The third kappa shape index (κ3) is 2.83. The summed E-state index contributed by atoms with van der Waals surface area (Å²) in [7, 11) is 0. The number of rotatable bonds is 4. The third-order valence-corrected chi connectivity index (χ3v) is 3.20. The van der Waals surface area contributed by atoms with E-state index in [0.29, 0.717) is 27.6 Å². The number of carboxylic acid groups (broad SMARTS) is 1. The number of halogens is 1. The second-order valence-electron chi connectivity index (χ2n) is 4.44. The molecular weight excluding hydrogens is 292 g/mol. The van der Waals surface area contributed by atoms with E-state index in [9.17, 15) is 4.79 Å². The number of ether oxygens (including phenoxy) is 1. The molecule has 0 saturated carbocycles. The highest BCUT2D eigenvalue weighted by Gasteiger charge is 2.12. The topological polar surface area (TPSA) is 75.2 Å². The van der Waals surface area contributed by atoms with Crippen molar-refractivity contribution in [1.29, 1.82) is 0 Å². The summed E-state index contributed by atoms with van der Waals surface area (Å²) in [5, 5.41) is 9.72. The van der Waals surface area contributed by atoms with Gasteiger partial charge in [0.2, 0.25) is 0 Å². The second-order valence-corrected chi connectivity index (χ2v) is 4.87. The minimum atomic E-state index is -1.01. The van der Waals surface area contributed by atoms with Crippen LogP contribution in [-0.2, 0) is 6.61 Å². The predicted octanol–water partition coefficient (Wildman–Crippen LogP) is 3.49. The molecule has 3 aromatic rings. The molecule has 5 nitrogen and oxygen atoms in total. The monoisotopic (exact) mass is 302 g/mol. The van der Waals surface area contributed by atoms with Gasteiger partial charge in [-0.25, -0.2) is 9.78 Å². The molecule has 0 unspecified atom stereocenters. The molecule has 2 N–H and O–H groups in total. The molecule has 1 heterocycles. The number of hydrogen-bond acceptors (Lipinski definition) is 3. The minimum absolute atomic E-state index is 0.165. The maximum Gasteiger partial charge on any atom is 0.337 e. The highest BCUT2D eigenvalue weighted by Crippen LogP contribution is 2.20. The van der Waals surface area contributed by atoms with Gasteiger partial charge in [0, 0.05) is 5.02 Å². The van der Waals surface area contributed by atoms with Crippen molar-refractivity contribution in [2.75, 3.05) is 0 Å². The highest BCUT2D eigenvalue weighted by molar-refractivity contribution is 6.30. The van der Waals surface area contributed by atoms with Gasteiger partial charge in [0.1, 0.15) is 23.7 Å². The number of imidazole rings is 1. The molecule has 2 aromatic carbocycles. The van der Waals surface area contributed by atoms with E-state index in [0.717, 1.165) is 0 Å². The average Bonchev–Trinajstić information content (AvgIpc) is 2.87. The lowest BCUT2D eigenvalue weighted by Crippen LogP contribution is -1.98. The zero-order valence-electron chi connectivity index (χ0n) is 10.8. The van der Waals surface area contributed by atoms with Crippen LogP contribution < -0.4 is 4.74 Å². The number of carbonyl (C=O) groups is 1. The molecule has 6 heteroatoms. The van der Waals surface area contributed by atoms with Crippen molar-refractivity contribution in [3.63, 3.8) is 0 Å². The Morgan fingerprint density at radius 1 is 1.29 bits per heavy atom. The highest BCUT2D eigenvalue weighted by atomic mass is 35.5. The molecule has 0 saturated heterocycles. The third-order valence-electron chi connectivity index (χ3n) is 2.96. The van der Waals surface area contributed by atoms with Gasteiger partial charge in [0.15, 0.2) is 0 Å². The van der Waals surface area contributed by atoms with E-state index in [1.807, 2.05) is 0 Å². The van der Waals surface area contributed by atoms with Crippen molar-refractivity contribution in [3.8, 4) is 5.75 Å². The first-order valence-corrected chi connectivity index (χ1v) is 6.60. The van der Waals surface area contributed by atoms with Gasteiger partial charge in [0.25, 0.3) is 0 Å². The summed E-state index contributed by atoms with van der Waals surface area (Å²) < 4.78 is 5.58. The van der Waals surface area contributed by atoms with Gasteiger partial charge < -0.3 is 14.8 Å². The molecule has 21 heavy (non-hydrogen) atoms. The summed E-state index contributed by atoms with van der Waals surface area (Å²) in [6.45, 7) is 0.202. The normalized spacial score (nSPS) is 10.7. The lowest BCUT2D eigenvalue weighted by molar-refractivity contribution is 0.0699. The van der Waals surface area contributed by atoms with Crippen LogP contribution in [0.5, 0.6) is 5.75 Å². The summed E-state index contributed by atoms with van der Waals surface area (Å²) in [4.78, 5) is 18.5. The van der Waals surface area contributed by atoms with E-state index >= 15 is 0 Å². The van der Waals surface area contributed by atoms with E-state index < -0.39 is 5.97 Å². The number of carboxylic acids is 1. The number of benzene rings is 2. The van der Waals surface area contributed by atoms with Crippen molar-refractivity contribution < 1.29 is 14.6 Å². The quantitative estimate of drug-likeness (QED) is 0.773. The first-order valence-electron chi connectivity index (χ1n) is 6.23. The van der Waals surface area contributed by atoms with Crippen LogP contribution in [0.2, 0.25) is 5.02 Å². The van der Waals surface area contributed by atoms with Gasteiger partial charge in [-0.1, -0.05) is 23.7 Å². The largest absolute Gasteiger partial charge is 0.486 e. The predicted molar refractivity (Wildman–Crippen MR) is 78.8 cm³/mol. The number of hydrogen-bond donors (Lipinski definition) is 2. The molecule has 0 aliphatic carbocycles. The molecule has 0 spiro atoms. The zero-order chi connectivity index (χ0) is 14.8. The van der Waals surface area contributed by atoms with Crippen LogP contribution in [0, 0.1) is 0 Å². The van der Waals surface area contributed by atoms with Crippen LogP contribution >= 0.6 is 11.6 Å². The lowest BCUT2D eigenvalue weighted by Gasteiger charge is -2.03. The number of aromatic carboxylic acids is 1. The molecule has 0 fully saturated rings. The van der Waals surface area contributed by atoms with Crippen LogP contribution in [0.15, 0.2) is 42.5 Å². The summed E-state index contributed by atoms with van der Waals surface area (Å²) in [6.07, 6.45) is 0. The number of fused-ring (bicyclic) bond motifs is 1. The summed E-state index contributed by atoms with van der Waals surface area (Å²) >= 11 is 5.88. The van der Waals surface area contributed by atoms with Crippen molar-refractivity contribution in [3.05, 3.63) is 58.9 Å². The number of H-pyrrole nitrogens is 1. The van der Waals surface area contributed by atoms with Gasteiger partial charge in [-0.05, 0) is 30.3 Å². The van der Waals surface area contributed by atoms with Crippen molar-refractivity contribution >= 4 is 28.6 Å². The second kappa shape index (κ2) is 5.46. The molecule has 0 bridgehead atoms. The van der Waals surface area contributed by atoms with Crippen LogP contribution in [0.1, 0.15) is 16.2 Å². The Hall–Kier alpha value is -2.53. The first kappa shape index (κ1) is 13.5. The maximum absolute atomic E-state index is 11.1. The Morgan fingerprint density at radius 3 is 2.86 bits per heavy atom. The Balaban J connectivity index is 1.85. The Labute approximate surface area is 125 Å². The Bertz CT molecular complexity index is 814. The smallest absolute Gasteiger partial charge is 0.337 e. The van der Waals surface area contributed by atoms with E-state index in [-0.39, 0.29) is 12.2 Å². The zero-order valence-corrected chi connectivity index (χ0v) is 11.6. The van der Waals surface area contributed by atoms with Crippen LogP contribution in [0.25, 0.3) is 11.0 Å².